The number of hydrogen-bond donors (Lipinski definition) is 2. The lowest BCUT2D eigenvalue weighted by atomic mass is 10.1. The molecule has 1 aliphatic carbocycles. The predicted molar refractivity (Wildman–Crippen MR) is 189 cm³/mol. The molecule has 2 N–H and O–H groups in total. The van der Waals surface area contributed by atoms with Gasteiger partial charge in [0, 0.05) is 60.7 Å². The van der Waals surface area contributed by atoms with Gasteiger partial charge in [-0.05, 0) is 69.1 Å². The molecule has 0 spiro atoms. The van der Waals surface area contributed by atoms with E-state index in [1.807, 2.05) is 42.7 Å². The second kappa shape index (κ2) is 13.3. The molecular weight excluding hydrogens is 641 g/mol. The van der Waals surface area contributed by atoms with E-state index in [4.69, 9.17) is 4.98 Å². The summed E-state index contributed by atoms with van der Waals surface area (Å²) in [5, 5.41) is 0. The van der Waals surface area contributed by atoms with E-state index in [1.54, 1.807) is 12.4 Å². The van der Waals surface area contributed by atoms with Crippen molar-refractivity contribution in [3.63, 3.8) is 0 Å². The molecule has 2 aromatic carbocycles. The number of hydrogen-bond acceptors (Lipinski definition) is 2. The van der Waals surface area contributed by atoms with Gasteiger partial charge in [0.2, 0.25) is 12.0 Å². The quantitative estimate of drug-likeness (QED) is 0.159. The van der Waals surface area contributed by atoms with Crippen LogP contribution in [0.5, 0.6) is 0 Å². The Bertz CT molecular complexity index is 2360. The van der Waals surface area contributed by atoms with Gasteiger partial charge in [0.1, 0.15) is 11.4 Å². The number of benzene rings is 2. The van der Waals surface area contributed by atoms with Crippen LogP contribution in [0.1, 0.15) is 22.5 Å². The summed E-state index contributed by atoms with van der Waals surface area (Å²) < 4.78 is 19.2. The van der Waals surface area contributed by atoms with Gasteiger partial charge in [-0.15, -0.1) is 0 Å². The third kappa shape index (κ3) is 7.05. The minimum absolute atomic E-state index is 0.334. The molecule has 0 atom stereocenters. The summed E-state index contributed by atoms with van der Waals surface area (Å²) in [5.41, 5.74) is 12.9. The van der Waals surface area contributed by atoms with Gasteiger partial charge in [0.05, 0.1) is 0 Å². The largest absolute Gasteiger partial charge is 0.390 e. The Morgan fingerprint density at radius 1 is 0.540 bits per heavy atom. The second-order valence-corrected chi connectivity index (χ2v) is 14.3. The van der Waals surface area contributed by atoms with Crippen molar-refractivity contribution in [3.8, 4) is 39.1 Å². The first-order chi connectivity index (χ1) is 24.3. The van der Waals surface area contributed by atoms with Gasteiger partial charge in [-0.2, -0.15) is 18.3 Å². The second-order valence-electron chi connectivity index (χ2n) is 12.7. The van der Waals surface area contributed by atoms with Crippen LogP contribution in [0, 0.1) is 0 Å². The lowest BCUT2D eigenvalue weighted by molar-refractivity contribution is -0.690. The van der Waals surface area contributed by atoms with Crippen LogP contribution in [0.25, 0.3) is 39.1 Å². The Labute approximate surface area is 290 Å². The van der Waals surface area contributed by atoms with Gasteiger partial charge in [-0.1, -0.05) is 30.3 Å². The van der Waals surface area contributed by atoms with Crippen molar-refractivity contribution in [2.24, 2.45) is 0 Å². The fourth-order valence-electron chi connectivity index (χ4n) is 6.63. The Balaban J connectivity index is 0.892. The molecule has 244 valence electrons. The zero-order chi connectivity index (χ0) is 34.1. The van der Waals surface area contributed by atoms with Crippen LogP contribution >= 0.6 is 7.60 Å². The third-order valence-electron chi connectivity index (χ3n) is 9.15. The van der Waals surface area contributed by atoms with E-state index in [0.717, 1.165) is 34.5 Å². The maximum Gasteiger partial charge on any atom is 0.390 e. The normalized spacial score (nSPS) is 12.0. The molecule has 0 aliphatic heterocycles. The van der Waals surface area contributed by atoms with Gasteiger partial charge in [-0.3, -0.25) is 4.57 Å². The van der Waals surface area contributed by atoms with Crippen molar-refractivity contribution in [2.45, 2.75) is 25.8 Å². The lowest BCUT2D eigenvalue weighted by Crippen LogP contribution is -2.35. The van der Waals surface area contributed by atoms with Crippen LogP contribution < -0.4 is 18.3 Å². The third-order valence-corrected chi connectivity index (χ3v) is 9.84. The van der Waals surface area contributed by atoms with Gasteiger partial charge in [0.25, 0.3) is 0 Å². The van der Waals surface area contributed by atoms with Crippen LogP contribution in [0.2, 0.25) is 0 Å². The lowest BCUT2D eigenvalue weighted by Gasteiger charge is -2.04. The first kappa shape index (κ1) is 31.6. The average Bonchev–Trinajstić information content (AvgIpc) is 3.50. The smallest absolute Gasteiger partial charge is 0.320 e. The van der Waals surface area contributed by atoms with Crippen LogP contribution in [-0.4, -0.2) is 14.8 Å². The summed E-state index contributed by atoms with van der Waals surface area (Å²) in [7, 11) is -4.12. The maximum absolute atomic E-state index is 11.3. The van der Waals surface area contributed by atoms with Crippen LogP contribution in [0.4, 0.5) is 0 Å². The summed E-state index contributed by atoms with van der Waals surface area (Å²) in [6, 6.07) is 38.0. The zero-order valence-electron chi connectivity index (χ0n) is 27.3. The predicted octanol–water partition coefficient (Wildman–Crippen LogP) is 5.36. The van der Waals surface area contributed by atoms with Gasteiger partial charge in [-0.25, -0.2) is 4.98 Å². The average molecular weight is 678 g/mol. The number of rotatable bonds is 9. The minimum atomic E-state index is -4.12. The van der Waals surface area contributed by atoms with E-state index < -0.39 is 7.60 Å². The van der Waals surface area contributed by atoms with E-state index in [2.05, 4.69) is 117 Å². The maximum atomic E-state index is 11.3. The van der Waals surface area contributed by atoms with E-state index in [9.17, 15) is 14.4 Å². The first-order valence-electron chi connectivity index (χ1n) is 16.5. The van der Waals surface area contributed by atoms with Crippen molar-refractivity contribution in [1.29, 1.82) is 0 Å². The molecule has 0 saturated carbocycles. The number of fused-ring (bicyclic) bond motifs is 3. The molecule has 1 aliphatic rings. The molecule has 0 radical (unpaired) electrons. The van der Waals surface area contributed by atoms with Crippen LogP contribution in [0.3, 0.4) is 0 Å². The molecule has 8 nitrogen and oxygen atoms in total. The van der Waals surface area contributed by atoms with Gasteiger partial charge < -0.3 is 9.79 Å². The highest BCUT2D eigenvalue weighted by atomic mass is 31.2. The molecule has 0 saturated heterocycles. The SMILES string of the molecule is O=P(O)(O)C[n+]1ccc(-c2cc[n+](Cc3cccc(C[n+]4ccc(-c5cc[n+](-c6ccc7c(c6)Cc6ccccc6-7)cc5)cc4)n3)cc2)cc1. The monoisotopic (exact) mass is 677 g/mol. The van der Waals surface area contributed by atoms with Crippen molar-refractivity contribution in [3.05, 3.63) is 181 Å². The van der Waals surface area contributed by atoms with Crippen molar-refractivity contribution in [1.82, 2.24) is 4.98 Å². The Hall–Kier alpha value is -5.66. The van der Waals surface area contributed by atoms with Crippen molar-refractivity contribution >= 4 is 7.60 Å². The summed E-state index contributed by atoms with van der Waals surface area (Å²) in [5.74, 6) is 0. The van der Waals surface area contributed by atoms with E-state index >= 15 is 0 Å². The topological polar surface area (TPSA) is 85.9 Å². The Morgan fingerprint density at radius 3 is 1.60 bits per heavy atom. The molecule has 0 amide bonds. The highest BCUT2D eigenvalue weighted by Gasteiger charge is 2.21. The Morgan fingerprint density at radius 2 is 1.04 bits per heavy atom. The van der Waals surface area contributed by atoms with Gasteiger partial charge in [0.15, 0.2) is 62.7 Å². The molecule has 0 bridgehead atoms. The van der Waals surface area contributed by atoms with E-state index in [0.29, 0.717) is 13.1 Å². The van der Waals surface area contributed by atoms with Crippen molar-refractivity contribution in [2.75, 3.05) is 0 Å². The first-order valence-corrected chi connectivity index (χ1v) is 18.3. The van der Waals surface area contributed by atoms with E-state index in [-0.39, 0.29) is 6.29 Å². The van der Waals surface area contributed by atoms with Gasteiger partial charge >= 0.3 is 7.60 Å². The molecule has 50 heavy (non-hydrogen) atoms. The fourth-order valence-corrected chi connectivity index (χ4v) is 7.24. The molecule has 0 fully saturated rings. The summed E-state index contributed by atoms with van der Waals surface area (Å²) >= 11 is 0. The highest BCUT2D eigenvalue weighted by Crippen LogP contribution is 2.37. The van der Waals surface area contributed by atoms with Crippen molar-refractivity contribution < 1.29 is 32.6 Å². The Kier molecular flexibility index (Phi) is 8.43. The molecule has 8 rings (SSSR count). The number of pyridine rings is 5. The summed E-state index contributed by atoms with van der Waals surface area (Å²) in [6.07, 6.45) is 16.5. The standard InChI is InChI=1S/C41H34N5O3P/c47-50(48,49)30-45-22-14-33(15-23-45)31-10-18-43(19-11-31)28-37-5-3-6-38(42-37)29-44-20-12-32(13-21-44)34-16-24-46(25-17-34)39-8-9-41-36(27-39)26-35-4-1-2-7-40(35)41/h1-25,27H,26,28-30H2/q+2/p+2. The summed E-state index contributed by atoms with van der Waals surface area (Å²) in [4.78, 5) is 23.3. The van der Waals surface area contributed by atoms with Crippen LogP contribution in [0.15, 0.2) is 159 Å². The summed E-state index contributed by atoms with van der Waals surface area (Å²) in [6.45, 7) is 1.31. The highest BCUT2D eigenvalue weighted by molar-refractivity contribution is 7.50. The molecule has 0 unspecified atom stereocenters. The molecule has 5 heterocycles. The zero-order valence-corrected chi connectivity index (χ0v) is 28.2. The van der Waals surface area contributed by atoms with Crippen LogP contribution in [-0.2, 0) is 30.4 Å². The fraction of sp³-hybridized carbons (Fsp3) is 0.0976. The number of nitrogens with zero attached hydrogens (tertiary/aromatic N) is 5. The van der Waals surface area contributed by atoms with E-state index in [1.165, 1.54) is 38.1 Å². The molecule has 5 aromatic heterocycles. The molecule has 7 aromatic rings. The number of aromatic nitrogens is 5. The minimum Gasteiger partial charge on any atom is -0.320 e. The molecule has 9 heteroatoms. The molecular formula is C41H36N5O3P+4.